The Labute approximate surface area is 136 Å². The maximum Gasteiger partial charge on any atom is 0.325 e. The molecule has 0 unspecified atom stereocenters. The Morgan fingerprint density at radius 1 is 1.35 bits per heavy atom. The molecule has 2 aliphatic heterocycles. The number of oxazole rings is 1. The van der Waals surface area contributed by atoms with E-state index < -0.39 is 5.54 Å². The Balaban J connectivity index is 1.68. The minimum atomic E-state index is -0.783. The maximum absolute atomic E-state index is 12.6. The van der Waals surface area contributed by atoms with Crippen LogP contribution in [-0.2, 0) is 11.3 Å². The normalized spacial score (nSPS) is 25.4. The molecular formula is C16H24N4O3. The van der Waals surface area contributed by atoms with Gasteiger partial charge in [-0.3, -0.25) is 14.6 Å². The lowest BCUT2D eigenvalue weighted by molar-refractivity contribution is -0.132. The quantitative estimate of drug-likeness (QED) is 0.854. The summed E-state index contributed by atoms with van der Waals surface area (Å²) < 4.78 is 5.73. The van der Waals surface area contributed by atoms with Crippen molar-refractivity contribution in [3.05, 3.63) is 17.8 Å². The van der Waals surface area contributed by atoms with E-state index in [1.54, 1.807) is 6.20 Å². The Morgan fingerprint density at radius 3 is 2.65 bits per heavy atom. The lowest BCUT2D eigenvalue weighted by Crippen LogP contribution is -2.49. The van der Waals surface area contributed by atoms with E-state index in [-0.39, 0.29) is 18.0 Å². The number of imide groups is 1. The van der Waals surface area contributed by atoms with Gasteiger partial charge in [0.2, 0.25) is 5.89 Å². The van der Waals surface area contributed by atoms with Crippen molar-refractivity contribution in [2.24, 2.45) is 0 Å². The van der Waals surface area contributed by atoms with E-state index in [2.05, 4.69) is 29.0 Å². The number of carbonyl (C=O) groups excluding carboxylic acids is 2. The highest BCUT2D eigenvalue weighted by Crippen LogP contribution is 2.30. The zero-order valence-corrected chi connectivity index (χ0v) is 14.1. The molecular weight excluding hydrogens is 296 g/mol. The Bertz CT molecular complexity index is 625. The van der Waals surface area contributed by atoms with E-state index in [1.165, 1.54) is 4.90 Å². The molecule has 1 spiro atoms. The van der Waals surface area contributed by atoms with Crippen molar-refractivity contribution >= 4 is 11.9 Å². The van der Waals surface area contributed by atoms with Gasteiger partial charge in [0, 0.05) is 25.0 Å². The van der Waals surface area contributed by atoms with Crippen molar-refractivity contribution in [3.8, 4) is 0 Å². The lowest BCUT2D eigenvalue weighted by Gasteiger charge is -2.22. The van der Waals surface area contributed by atoms with Crippen LogP contribution in [0.4, 0.5) is 4.79 Å². The predicted octanol–water partition coefficient (Wildman–Crippen LogP) is 1.70. The van der Waals surface area contributed by atoms with Gasteiger partial charge in [-0.2, -0.15) is 0 Å². The number of rotatable bonds is 4. The number of aromatic nitrogens is 1. The molecule has 7 nitrogen and oxygen atoms in total. The van der Waals surface area contributed by atoms with Crippen LogP contribution < -0.4 is 5.32 Å². The first-order valence-corrected chi connectivity index (χ1v) is 8.15. The maximum atomic E-state index is 12.6. The van der Waals surface area contributed by atoms with Crippen molar-refractivity contribution < 1.29 is 14.0 Å². The summed E-state index contributed by atoms with van der Waals surface area (Å²) in [7, 11) is 0. The van der Waals surface area contributed by atoms with Gasteiger partial charge in [-0.15, -0.1) is 0 Å². The second kappa shape index (κ2) is 5.63. The van der Waals surface area contributed by atoms with Crippen LogP contribution in [0.25, 0.3) is 0 Å². The first kappa shape index (κ1) is 16.0. The standard InChI is InChI=1S/C16H24N4O3/c1-10(2)12-7-17-13(23-12)8-19-6-5-16(9-19)14(21)20(11(3)4)15(22)18-16/h7,10-11H,5-6,8-9H2,1-4H3,(H,18,22)/t16-/m0/s1. The molecule has 3 heterocycles. The van der Waals surface area contributed by atoms with Crippen LogP contribution >= 0.6 is 0 Å². The number of carbonyl (C=O) groups is 2. The second-order valence-corrected chi connectivity index (χ2v) is 7.05. The number of amides is 3. The summed E-state index contributed by atoms with van der Waals surface area (Å²) in [6, 6.07) is -0.415. The topological polar surface area (TPSA) is 78.7 Å². The van der Waals surface area contributed by atoms with Gasteiger partial charge in [0.1, 0.15) is 11.3 Å². The molecule has 126 valence electrons. The predicted molar refractivity (Wildman–Crippen MR) is 83.7 cm³/mol. The third-order valence-electron chi connectivity index (χ3n) is 4.56. The van der Waals surface area contributed by atoms with Gasteiger partial charge in [0.25, 0.3) is 5.91 Å². The lowest BCUT2D eigenvalue weighted by atomic mass is 9.99. The average molecular weight is 320 g/mol. The van der Waals surface area contributed by atoms with Gasteiger partial charge in [0.05, 0.1) is 12.7 Å². The molecule has 7 heteroatoms. The Morgan fingerprint density at radius 2 is 2.09 bits per heavy atom. The van der Waals surface area contributed by atoms with Crippen molar-refractivity contribution in [2.75, 3.05) is 13.1 Å². The first-order chi connectivity index (χ1) is 10.8. The third kappa shape index (κ3) is 2.73. The summed E-state index contributed by atoms with van der Waals surface area (Å²) in [6.45, 7) is 9.61. The molecule has 0 aromatic carbocycles. The zero-order valence-electron chi connectivity index (χ0n) is 14.1. The largest absolute Gasteiger partial charge is 0.444 e. The molecule has 1 N–H and O–H groups in total. The number of hydrogen-bond acceptors (Lipinski definition) is 5. The van der Waals surface area contributed by atoms with E-state index in [9.17, 15) is 9.59 Å². The fourth-order valence-corrected chi connectivity index (χ4v) is 3.27. The van der Waals surface area contributed by atoms with Crippen LogP contribution in [0.2, 0.25) is 0 Å². The summed E-state index contributed by atoms with van der Waals surface area (Å²) in [5.74, 6) is 1.71. The highest BCUT2D eigenvalue weighted by Gasteiger charge is 2.55. The fraction of sp³-hybridized carbons (Fsp3) is 0.688. The van der Waals surface area contributed by atoms with Crippen LogP contribution in [0.5, 0.6) is 0 Å². The number of nitrogens with zero attached hydrogens (tertiary/aromatic N) is 3. The summed E-state index contributed by atoms with van der Waals surface area (Å²) in [5.41, 5.74) is -0.783. The molecule has 23 heavy (non-hydrogen) atoms. The summed E-state index contributed by atoms with van der Waals surface area (Å²) in [4.78, 5) is 32.5. The second-order valence-electron chi connectivity index (χ2n) is 7.05. The van der Waals surface area contributed by atoms with Crippen LogP contribution in [0.1, 0.15) is 51.7 Å². The number of nitrogens with one attached hydrogen (secondary N) is 1. The summed E-state index contributed by atoms with van der Waals surface area (Å²) in [5, 5.41) is 2.89. The van der Waals surface area contributed by atoms with Gasteiger partial charge in [-0.1, -0.05) is 13.8 Å². The van der Waals surface area contributed by atoms with Crippen molar-refractivity contribution in [1.29, 1.82) is 0 Å². The molecule has 0 saturated carbocycles. The average Bonchev–Trinajstić information content (AvgIpc) is 3.12. The van der Waals surface area contributed by atoms with E-state index in [0.29, 0.717) is 31.3 Å². The Kier molecular flexibility index (Phi) is 3.91. The molecule has 2 aliphatic rings. The molecule has 3 rings (SSSR count). The summed E-state index contributed by atoms with van der Waals surface area (Å²) in [6.07, 6.45) is 2.38. The molecule has 1 aromatic rings. The van der Waals surface area contributed by atoms with Crippen LogP contribution in [-0.4, -0.2) is 51.4 Å². The van der Waals surface area contributed by atoms with E-state index in [1.807, 2.05) is 13.8 Å². The van der Waals surface area contributed by atoms with Gasteiger partial charge in [-0.25, -0.2) is 9.78 Å². The molecule has 0 aliphatic carbocycles. The van der Waals surface area contributed by atoms with Gasteiger partial charge in [0.15, 0.2) is 0 Å². The SMILES string of the molecule is CC(C)c1cnc(CN2CC[C@@]3(C2)NC(=O)N(C(C)C)C3=O)o1. The Hall–Kier alpha value is -1.89. The highest BCUT2D eigenvalue weighted by atomic mass is 16.4. The van der Waals surface area contributed by atoms with Crippen LogP contribution in [0, 0.1) is 0 Å². The van der Waals surface area contributed by atoms with Gasteiger partial charge < -0.3 is 9.73 Å². The molecule has 0 bridgehead atoms. The minimum Gasteiger partial charge on any atom is -0.444 e. The van der Waals surface area contributed by atoms with E-state index >= 15 is 0 Å². The van der Waals surface area contributed by atoms with Crippen molar-refractivity contribution in [1.82, 2.24) is 20.1 Å². The van der Waals surface area contributed by atoms with Crippen molar-refractivity contribution in [2.45, 2.75) is 58.2 Å². The fourth-order valence-electron chi connectivity index (χ4n) is 3.27. The number of urea groups is 1. The molecule has 2 fully saturated rings. The number of likely N-dealkylation sites (tertiary alicyclic amines) is 1. The van der Waals surface area contributed by atoms with Gasteiger partial charge >= 0.3 is 6.03 Å². The molecule has 0 radical (unpaired) electrons. The zero-order chi connectivity index (χ0) is 16.8. The van der Waals surface area contributed by atoms with Gasteiger partial charge in [-0.05, 0) is 20.3 Å². The summed E-state index contributed by atoms with van der Waals surface area (Å²) >= 11 is 0. The van der Waals surface area contributed by atoms with E-state index in [4.69, 9.17) is 4.42 Å². The highest BCUT2D eigenvalue weighted by molar-refractivity contribution is 6.07. The minimum absolute atomic E-state index is 0.115. The molecule has 1 atom stereocenters. The molecule has 2 saturated heterocycles. The molecule has 1 aromatic heterocycles. The van der Waals surface area contributed by atoms with Crippen LogP contribution in [0.3, 0.4) is 0 Å². The smallest absolute Gasteiger partial charge is 0.325 e. The molecule has 3 amide bonds. The van der Waals surface area contributed by atoms with E-state index in [0.717, 1.165) is 12.3 Å². The monoisotopic (exact) mass is 320 g/mol. The van der Waals surface area contributed by atoms with Crippen molar-refractivity contribution in [3.63, 3.8) is 0 Å². The number of hydrogen-bond donors (Lipinski definition) is 1. The first-order valence-electron chi connectivity index (χ1n) is 8.15. The third-order valence-corrected chi connectivity index (χ3v) is 4.56. The van der Waals surface area contributed by atoms with Crippen LogP contribution in [0.15, 0.2) is 10.6 Å².